The van der Waals surface area contributed by atoms with Gasteiger partial charge in [-0.2, -0.15) is 0 Å². The highest BCUT2D eigenvalue weighted by molar-refractivity contribution is 9.10. The van der Waals surface area contributed by atoms with Crippen LogP contribution in [0.3, 0.4) is 0 Å². The van der Waals surface area contributed by atoms with Crippen molar-refractivity contribution in [1.82, 2.24) is 15.1 Å². The topological polar surface area (TPSA) is 52.7 Å². The van der Waals surface area contributed by atoms with Gasteiger partial charge in [-0.05, 0) is 37.0 Å². The summed E-state index contributed by atoms with van der Waals surface area (Å²) in [4.78, 5) is 28.5. The monoisotopic (exact) mass is 393 g/mol. The normalized spacial score (nSPS) is 21.9. The van der Waals surface area contributed by atoms with E-state index in [0.29, 0.717) is 19.5 Å². The Hall–Kier alpha value is -1.40. The quantitative estimate of drug-likeness (QED) is 0.848. The predicted octanol–water partition coefficient (Wildman–Crippen LogP) is 1.80. The Morgan fingerprint density at radius 2 is 2.21 bits per heavy atom. The van der Waals surface area contributed by atoms with Crippen LogP contribution in [0.15, 0.2) is 28.7 Å². The lowest BCUT2D eigenvalue weighted by molar-refractivity contribution is -0.140. The lowest BCUT2D eigenvalue weighted by atomic mass is 10.0. The summed E-state index contributed by atoms with van der Waals surface area (Å²) in [5.74, 6) is 0.358. The van der Waals surface area contributed by atoms with Crippen LogP contribution in [0.4, 0.5) is 0 Å². The van der Waals surface area contributed by atoms with Gasteiger partial charge in [0.25, 0.3) is 0 Å². The number of piperidine rings is 1. The number of halogens is 1. The Labute approximate surface area is 151 Å². The molecule has 130 valence electrons. The second-order valence-electron chi connectivity index (χ2n) is 6.53. The van der Waals surface area contributed by atoms with Gasteiger partial charge >= 0.3 is 0 Å². The van der Waals surface area contributed by atoms with Gasteiger partial charge in [-0.3, -0.25) is 9.59 Å². The number of piperazine rings is 1. The fraction of sp³-hybridized carbons (Fsp3) is 0.556. The van der Waals surface area contributed by atoms with Crippen LogP contribution in [-0.4, -0.2) is 60.4 Å². The van der Waals surface area contributed by atoms with E-state index in [1.54, 1.807) is 0 Å². The molecule has 0 aliphatic carbocycles. The molecule has 0 saturated carbocycles. The maximum atomic E-state index is 12.6. The van der Waals surface area contributed by atoms with Crippen LogP contribution in [0, 0.1) is 0 Å². The molecule has 2 amide bonds. The van der Waals surface area contributed by atoms with Crippen LogP contribution in [0.1, 0.15) is 24.8 Å². The van der Waals surface area contributed by atoms with E-state index in [9.17, 15) is 9.59 Å². The third kappa shape index (κ3) is 4.36. The molecule has 2 aliphatic heterocycles. The summed E-state index contributed by atoms with van der Waals surface area (Å²) in [7, 11) is 0. The summed E-state index contributed by atoms with van der Waals surface area (Å²) in [6.45, 7) is 3.52. The molecule has 1 unspecified atom stereocenters. The molecule has 0 radical (unpaired) electrons. The van der Waals surface area contributed by atoms with Crippen molar-refractivity contribution in [2.75, 3.05) is 32.7 Å². The summed E-state index contributed by atoms with van der Waals surface area (Å²) >= 11 is 3.47. The van der Waals surface area contributed by atoms with Crippen molar-refractivity contribution >= 4 is 27.7 Å². The number of aryl methyl sites for hydroxylation is 1. The first-order chi connectivity index (χ1) is 11.6. The van der Waals surface area contributed by atoms with Gasteiger partial charge in [0.05, 0.1) is 6.54 Å². The average molecular weight is 394 g/mol. The highest BCUT2D eigenvalue weighted by Gasteiger charge is 2.31. The molecule has 3 rings (SSSR count). The first-order valence-corrected chi connectivity index (χ1v) is 9.45. The second kappa shape index (κ2) is 8.12. The summed E-state index contributed by atoms with van der Waals surface area (Å²) in [6, 6.07) is 8.28. The summed E-state index contributed by atoms with van der Waals surface area (Å²) in [5, 5.41) is 3.10. The van der Waals surface area contributed by atoms with E-state index in [-0.39, 0.29) is 17.9 Å². The van der Waals surface area contributed by atoms with Crippen LogP contribution in [0.5, 0.6) is 0 Å². The van der Waals surface area contributed by atoms with E-state index in [1.165, 1.54) is 5.56 Å². The fourth-order valence-electron chi connectivity index (χ4n) is 3.54. The Balaban J connectivity index is 1.54. The largest absolute Gasteiger partial charge is 0.341 e. The van der Waals surface area contributed by atoms with Crippen LogP contribution < -0.4 is 5.32 Å². The SMILES string of the molecule is O=C(CCc1cccc(Br)c1)N1CCCC(N2CCNCC2=O)C1. The molecule has 0 bridgehead atoms. The van der Waals surface area contributed by atoms with Gasteiger partial charge in [-0.25, -0.2) is 0 Å². The first-order valence-electron chi connectivity index (χ1n) is 8.66. The van der Waals surface area contributed by atoms with E-state index in [4.69, 9.17) is 0 Å². The molecule has 1 aromatic carbocycles. The summed E-state index contributed by atoms with van der Waals surface area (Å²) < 4.78 is 1.04. The van der Waals surface area contributed by atoms with Crippen LogP contribution in [0.2, 0.25) is 0 Å². The molecule has 2 heterocycles. The van der Waals surface area contributed by atoms with Crippen molar-refractivity contribution < 1.29 is 9.59 Å². The number of rotatable bonds is 4. The highest BCUT2D eigenvalue weighted by Crippen LogP contribution is 2.19. The first kappa shape index (κ1) is 17.4. The third-order valence-electron chi connectivity index (χ3n) is 4.83. The van der Waals surface area contributed by atoms with Crippen molar-refractivity contribution in [3.63, 3.8) is 0 Å². The highest BCUT2D eigenvalue weighted by atomic mass is 79.9. The fourth-order valence-corrected chi connectivity index (χ4v) is 3.99. The van der Waals surface area contributed by atoms with Gasteiger partial charge in [-0.15, -0.1) is 0 Å². The zero-order chi connectivity index (χ0) is 16.9. The minimum absolute atomic E-state index is 0.162. The van der Waals surface area contributed by atoms with E-state index in [1.807, 2.05) is 21.9 Å². The Morgan fingerprint density at radius 1 is 1.33 bits per heavy atom. The van der Waals surface area contributed by atoms with Crippen molar-refractivity contribution in [2.45, 2.75) is 31.7 Å². The minimum Gasteiger partial charge on any atom is -0.341 e. The second-order valence-corrected chi connectivity index (χ2v) is 7.45. The Morgan fingerprint density at radius 3 is 3.00 bits per heavy atom. The van der Waals surface area contributed by atoms with E-state index in [0.717, 1.165) is 43.4 Å². The Kier molecular flexibility index (Phi) is 5.89. The molecule has 2 fully saturated rings. The maximum Gasteiger partial charge on any atom is 0.236 e. The van der Waals surface area contributed by atoms with Gasteiger partial charge < -0.3 is 15.1 Å². The number of carbonyl (C=O) groups is 2. The van der Waals surface area contributed by atoms with Gasteiger partial charge in [-0.1, -0.05) is 28.1 Å². The number of hydrogen-bond donors (Lipinski definition) is 1. The molecular weight excluding hydrogens is 370 g/mol. The summed E-state index contributed by atoms with van der Waals surface area (Å²) in [6.07, 6.45) is 3.26. The van der Waals surface area contributed by atoms with Crippen molar-refractivity contribution in [3.05, 3.63) is 34.3 Å². The smallest absolute Gasteiger partial charge is 0.236 e. The van der Waals surface area contributed by atoms with Crippen molar-refractivity contribution in [2.24, 2.45) is 0 Å². The minimum atomic E-state index is 0.162. The molecule has 1 aromatic rings. The number of nitrogens with zero attached hydrogens (tertiary/aromatic N) is 2. The van der Waals surface area contributed by atoms with Crippen molar-refractivity contribution in [3.8, 4) is 0 Å². The molecule has 2 aliphatic rings. The number of carbonyl (C=O) groups excluding carboxylic acids is 2. The van der Waals surface area contributed by atoms with Crippen LogP contribution in [-0.2, 0) is 16.0 Å². The lowest BCUT2D eigenvalue weighted by Gasteiger charge is -2.41. The van der Waals surface area contributed by atoms with E-state index in [2.05, 4.69) is 33.4 Å². The molecule has 0 spiro atoms. The standard InChI is InChI=1S/C18H24BrN3O2/c19-15-4-1-3-14(11-15)6-7-17(23)21-9-2-5-16(13-21)22-10-8-20-12-18(22)24/h1,3-4,11,16,20H,2,5-10,12-13H2. The third-order valence-corrected chi connectivity index (χ3v) is 5.33. The van der Waals surface area contributed by atoms with Crippen LogP contribution >= 0.6 is 15.9 Å². The van der Waals surface area contributed by atoms with Gasteiger partial charge in [0.2, 0.25) is 11.8 Å². The number of benzene rings is 1. The molecule has 5 nitrogen and oxygen atoms in total. The van der Waals surface area contributed by atoms with Gasteiger partial charge in [0, 0.05) is 43.1 Å². The van der Waals surface area contributed by atoms with Gasteiger partial charge in [0.1, 0.15) is 0 Å². The van der Waals surface area contributed by atoms with Crippen molar-refractivity contribution in [1.29, 1.82) is 0 Å². The maximum absolute atomic E-state index is 12.6. The molecule has 1 N–H and O–H groups in total. The van der Waals surface area contributed by atoms with E-state index < -0.39 is 0 Å². The number of hydrogen-bond acceptors (Lipinski definition) is 3. The molecule has 24 heavy (non-hydrogen) atoms. The molecular formula is C18H24BrN3O2. The molecule has 6 heteroatoms. The molecule has 0 aromatic heterocycles. The number of likely N-dealkylation sites (tertiary alicyclic amines) is 1. The van der Waals surface area contributed by atoms with E-state index >= 15 is 0 Å². The Bertz CT molecular complexity index is 608. The zero-order valence-electron chi connectivity index (χ0n) is 13.8. The number of nitrogens with one attached hydrogen (secondary N) is 1. The average Bonchev–Trinajstić information content (AvgIpc) is 2.60. The molecule has 2 saturated heterocycles. The lowest BCUT2D eigenvalue weighted by Crippen LogP contribution is -2.57. The molecule has 1 atom stereocenters. The predicted molar refractivity (Wildman–Crippen MR) is 96.6 cm³/mol. The zero-order valence-corrected chi connectivity index (χ0v) is 15.4. The number of amides is 2. The summed E-state index contributed by atoms with van der Waals surface area (Å²) in [5.41, 5.74) is 1.17. The van der Waals surface area contributed by atoms with Gasteiger partial charge in [0.15, 0.2) is 0 Å². The van der Waals surface area contributed by atoms with Crippen LogP contribution in [0.25, 0.3) is 0 Å².